The maximum atomic E-state index is 12.9. The number of amides is 1. The summed E-state index contributed by atoms with van der Waals surface area (Å²) in [6.45, 7) is 0. The lowest BCUT2D eigenvalue weighted by Gasteiger charge is -2.13. The Morgan fingerprint density at radius 3 is 2.52 bits per heavy atom. The topological polar surface area (TPSA) is 102 Å². The van der Waals surface area contributed by atoms with Crippen LogP contribution in [0.1, 0.15) is 10.4 Å². The van der Waals surface area contributed by atoms with Crippen LogP contribution in [0.15, 0.2) is 90.1 Å². The first-order valence-electron chi connectivity index (χ1n) is 9.73. The van der Waals surface area contributed by atoms with Crippen molar-refractivity contribution in [2.75, 3.05) is 17.1 Å². The van der Waals surface area contributed by atoms with Gasteiger partial charge in [0.15, 0.2) is 0 Å². The summed E-state index contributed by atoms with van der Waals surface area (Å²) in [5.74, 6) is 0.110. The second kappa shape index (κ2) is 9.35. The van der Waals surface area contributed by atoms with Gasteiger partial charge in [-0.3, -0.25) is 9.52 Å². The maximum Gasteiger partial charge on any atom is 0.261 e. The van der Waals surface area contributed by atoms with Crippen molar-refractivity contribution in [3.05, 3.63) is 95.8 Å². The largest absolute Gasteiger partial charge is 0.497 e. The van der Waals surface area contributed by atoms with Crippen LogP contribution in [0.2, 0.25) is 5.02 Å². The van der Waals surface area contributed by atoms with Crippen LogP contribution in [-0.4, -0.2) is 31.2 Å². The Hall–Kier alpha value is -3.82. The van der Waals surface area contributed by atoms with Gasteiger partial charge in [-0.05, 0) is 66.7 Å². The molecular formula is C23H19ClN4O4S. The molecule has 0 saturated carbocycles. The number of carbonyl (C=O) groups excluding carboxylic acids is 1. The summed E-state index contributed by atoms with van der Waals surface area (Å²) in [6, 6.07) is 19.0. The first-order chi connectivity index (χ1) is 15.9. The highest BCUT2D eigenvalue weighted by Gasteiger charge is 2.18. The molecular weight excluding hydrogens is 464 g/mol. The summed E-state index contributed by atoms with van der Waals surface area (Å²) >= 11 is 6.11. The number of halogens is 1. The molecule has 0 aliphatic carbocycles. The van der Waals surface area contributed by atoms with Crippen molar-refractivity contribution in [3.63, 3.8) is 0 Å². The molecule has 0 bridgehead atoms. The van der Waals surface area contributed by atoms with Crippen molar-refractivity contribution in [2.45, 2.75) is 4.90 Å². The normalized spacial score (nSPS) is 11.1. The number of aromatic nitrogens is 2. The first-order valence-corrected chi connectivity index (χ1v) is 11.6. The van der Waals surface area contributed by atoms with Gasteiger partial charge in [0.25, 0.3) is 15.9 Å². The molecule has 2 N–H and O–H groups in total. The van der Waals surface area contributed by atoms with Crippen LogP contribution in [0.25, 0.3) is 5.69 Å². The molecule has 4 aromatic rings. The summed E-state index contributed by atoms with van der Waals surface area (Å²) in [4.78, 5) is 12.9. The molecule has 1 aromatic heterocycles. The molecule has 1 amide bonds. The first kappa shape index (κ1) is 22.4. The third kappa shape index (κ3) is 5.16. The molecule has 4 rings (SSSR count). The van der Waals surface area contributed by atoms with E-state index in [1.165, 1.54) is 31.4 Å². The van der Waals surface area contributed by atoms with Crippen LogP contribution in [0.3, 0.4) is 0 Å². The number of carbonyl (C=O) groups is 1. The molecule has 3 aromatic carbocycles. The standard InChI is InChI=1S/C23H19ClN4O4S/c1-32-19-9-7-18(8-10-19)27-33(30,31)20-5-2-4-16(14-20)23(29)26-21-15-17(24)6-11-22(21)28-13-3-12-25-28/h2-15,27H,1H3,(H,26,29). The molecule has 0 atom stereocenters. The number of ether oxygens (including phenoxy) is 1. The highest BCUT2D eigenvalue weighted by atomic mass is 35.5. The molecule has 0 spiro atoms. The quantitative estimate of drug-likeness (QED) is 0.401. The average Bonchev–Trinajstić information content (AvgIpc) is 3.34. The fourth-order valence-corrected chi connectivity index (χ4v) is 4.37. The SMILES string of the molecule is COc1ccc(NS(=O)(=O)c2cccc(C(=O)Nc3cc(Cl)ccc3-n3cccn3)c2)cc1. The van der Waals surface area contributed by atoms with Gasteiger partial charge in [-0.2, -0.15) is 5.10 Å². The molecule has 0 fully saturated rings. The molecule has 1 heterocycles. The zero-order valence-electron chi connectivity index (χ0n) is 17.4. The highest BCUT2D eigenvalue weighted by Crippen LogP contribution is 2.25. The van der Waals surface area contributed by atoms with E-state index in [4.69, 9.17) is 16.3 Å². The number of nitrogens with one attached hydrogen (secondary N) is 2. The highest BCUT2D eigenvalue weighted by molar-refractivity contribution is 7.92. The fraction of sp³-hybridized carbons (Fsp3) is 0.0435. The molecule has 33 heavy (non-hydrogen) atoms. The number of hydrogen-bond donors (Lipinski definition) is 2. The lowest BCUT2D eigenvalue weighted by molar-refractivity contribution is 0.102. The van der Waals surface area contributed by atoms with Crippen molar-refractivity contribution in [2.24, 2.45) is 0 Å². The molecule has 0 saturated heterocycles. The van der Waals surface area contributed by atoms with Crippen LogP contribution in [0.5, 0.6) is 5.75 Å². The molecule has 0 unspecified atom stereocenters. The van der Waals surface area contributed by atoms with Crippen LogP contribution in [-0.2, 0) is 10.0 Å². The minimum atomic E-state index is -3.92. The number of hydrogen-bond acceptors (Lipinski definition) is 5. The summed E-state index contributed by atoms with van der Waals surface area (Å²) in [5.41, 5.74) is 1.58. The lowest BCUT2D eigenvalue weighted by Crippen LogP contribution is -2.16. The van der Waals surface area contributed by atoms with Crippen molar-refractivity contribution in [3.8, 4) is 11.4 Å². The van der Waals surface area contributed by atoms with Gasteiger partial charge in [0.1, 0.15) is 5.75 Å². The summed E-state index contributed by atoms with van der Waals surface area (Å²) in [6.07, 6.45) is 3.35. The van der Waals surface area contributed by atoms with Crippen LogP contribution >= 0.6 is 11.6 Å². The number of methoxy groups -OCH3 is 1. The second-order valence-electron chi connectivity index (χ2n) is 6.93. The van der Waals surface area contributed by atoms with Gasteiger partial charge in [-0.1, -0.05) is 17.7 Å². The molecule has 0 radical (unpaired) electrons. The van der Waals surface area contributed by atoms with Gasteiger partial charge in [-0.25, -0.2) is 13.1 Å². The second-order valence-corrected chi connectivity index (χ2v) is 9.05. The number of nitrogens with zero attached hydrogens (tertiary/aromatic N) is 2. The van der Waals surface area contributed by atoms with Crippen molar-refractivity contribution >= 4 is 38.9 Å². The molecule has 8 nitrogen and oxygen atoms in total. The van der Waals surface area contributed by atoms with E-state index in [0.717, 1.165) is 0 Å². The van der Waals surface area contributed by atoms with E-state index in [2.05, 4.69) is 15.1 Å². The van der Waals surface area contributed by atoms with E-state index in [9.17, 15) is 13.2 Å². The fourth-order valence-electron chi connectivity index (χ4n) is 3.09. The van der Waals surface area contributed by atoms with Crippen molar-refractivity contribution in [1.82, 2.24) is 9.78 Å². The van der Waals surface area contributed by atoms with Gasteiger partial charge in [0, 0.05) is 28.7 Å². The monoisotopic (exact) mass is 482 g/mol. The number of sulfonamides is 1. The van der Waals surface area contributed by atoms with Gasteiger partial charge in [0.05, 0.1) is 23.4 Å². The number of rotatable bonds is 7. The van der Waals surface area contributed by atoms with Crippen molar-refractivity contribution in [1.29, 1.82) is 0 Å². The van der Waals surface area contributed by atoms with Crippen molar-refractivity contribution < 1.29 is 17.9 Å². The van der Waals surface area contributed by atoms with Crippen LogP contribution in [0, 0.1) is 0 Å². The summed E-state index contributed by atoms with van der Waals surface area (Å²) < 4.78 is 34.8. The summed E-state index contributed by atoms with van der Waals surface area (Å²) in [5, 5.41) is 7.40. The lowest BCUT2D eigenvalue weighted by atomic mass is 10.2. The average molecular weight is 483 g/mol. The van der Waals surface area contributed by atoms with E-state index >= 15 is 0 Å². The number of benzene rings is 3. The van der Waals surface area contributed by atoms with Crippen LogP contribution < -0.4 is 14.8 Å². The zero-order valence-corrected chi connectivity index (χ0v) is 19.0. The third-order valence-electron chi connectivity index (χ3n) is 4.71. The summed E-state index contributed by atoms with van der Waals surface area (Å²) in [7, 11) is -2.39. The minimum absolute atomic E-state index is 0.0515. The molecule has 0 aliphatic heterocycles. The molecule has 168 valence electrons. The van der Waals surface area contributed by atoms with E-state index in [-0.39, 0.29) is 10.5 Å². The van der Waals surface area contributed by atoms with Crippen LogP contribution in [0.4, 0.5) is 11.4 Å². The Kier molecular flexibility index (Phi) is 6.34. The Balaban J connectivity index is 1.58. The molecule has 0 aliphatic rings. The van der Waals surface area contributed by atoms with Gasteiger partial charge in [-0.15, -0.1) is 0 Å². The Bertz CT molecular complexity index is 1390. The predicted octanol–water partition coefficient (Wildman–Crippen LogP) is 4.59. The Morgan fingerprint density at radius 2 is 1.82 bits per heavy atom. The predicted molar refractivity (Wildman–Crippen MR) is 127 cm³/mol. The van der Waals surface area contributed by atoms with E-state index < -0.39 is 15.9 Å². The van der Waals surface area contributed by atoms with Gasteiger partial charge in [0.2, 0.25) is 0 Å². The molecule has 10 heteroatoms. The third-order valence-corrected chi connectivity index (χ3v) is 6.32. The Labute approximate surface area is 195 Å². The van der Waals surface area contributed by atoms with E-state index in [1.54, 1.807) is 65.6 Å². The van der Waals surface area contributed by atoms with E-state index in [1.807, 2.05) is 0 Å². The van der Waals surface area contributed by atoms with Gasteiger partial charge < -0.3 is 10.1 Å². The van der Waals surface area contributed by atoms with Gasteiger partial charge >= 0.3 is 0 Å². The van der Waals surface area contributed by atoms with E-state index in [0.29, 0.717) is 27.8 Å². The smallest absolute Gasteiger partial charge is 0.261 e. The zero-order chi connectivity index (χ0) is 23.4. The minimum Gasteiger partial charge on any atom is -0.497 e. The Morgan fingerprint density at radius 1 is 1.03 bits per heavy atom. The number of anilines is 2. The maximum absolute atomic E-state index is 12.9.